The van der Waals surface area contributed by atoms with Crippen molar-refractivity contribution in [2.75, 3.05) is 0 Å². The van der Waals surface area contributed by atoms with Crippen LogP contribution in [-0.2, 0) is 4.74 Å². The molecule has 1 aromatic heterocycles. The maximum Gasteiger partial charge on any atom is 0.344 e. The third-order valence-electron chi connectivity index (χ3n) is 1.34. The van der Waals surface area contributed by atoms with E-state index in [1.54, 1.807) is 20.8 Å². The van der Waals surface area contributed by atoms with Crippen molar-refractivity contribution in [2.45, 2.75) is 26.4 Å². The molecular weight excluding hydrogens is 170 g/mol. The van der Waals surface area contributed by atoms with Crippen molar-refractivity contribution >= 4 is 5.97 Å². The molecule has 0 saturated heterocycles. The molecule has 1 heterocycles. The van der Waals surface area contributed by atoms with Crippen LogP contribution in [0.4, 0.5) is 0 Å². The van der Waals surface area contributed by atoms with Crippen LogP contribution in [0.15, 0.2) is 12.3 Å². The van der Waals surface area contributed by atoms with Gasteiger partial charge in [0.1, 0.15) is 11.2 Å². The normalized spacial score (nSPS) is 11.3. The van der Waals surface area contributed by atoms with Crippen LogP contribution in [0, 0.1) is 0 Å². The standard InChI is InChI=1S/C9H13NO3/c1-9(2,3)13-8(12)6-4-5-10-7(6)11/h4-5,10-11H,1-3H3. The Kier molecular flexibility index (Phi) is 2.32. The highest BCUT2D eigenvalue weighted by Gasteiger charge is 2.20. The highest BCUT2D eigenvalue weighted by molar-refractivity contribution is 5.92. The smallest absolute Gasteiger partial charge is 0.344 e. The number of nitrogens with one attached hydrogen (secondary N) is 1. The van der Waals surface area contributed by atoms with Gasteiger partial charge in [-0.2, -0.15) is 0 Å². The lowest BCUT2D eigenvalue weighted by Crippen LogP contribution is -2.23. The number of hydrogen-bond acceptors (Lipinski definition) is 3. The lowest BCUT2D eigenvalue weighted by atomic mass is 10.2. The first-order valence-electron chi connectivity index (χ1n) is 4.00. The lowest BCUT2D eigenvalue weighted by molar-refractivity contribution is 0.00670. The van der Waals surface area contributed by atoms with Gasteiger partial charge < -0.3 is 14.8 Å². The second kappa shape index (κ2) is 3.12. The summed E-state index contributed by atoms with van der Waals surface area (Å²) >= 11 is 0. The molecule has 4 nitrogen and oxygen atoms in total. The summed E-state index contributed by atoms with van der Waals surface area (Å²) in [5.74, 6) is -0.680. The van der Waals surface area contributed by atoms with E-state index in [4.69, 9.17) is 9.84 Å². The number of esters is 1. The fraction of sp³-hybridized carbons (Fsp3) is 0.444. The van der Waals surface area contributed by atoms with Crippen LogP contribution in [0.1, 0.15) is 31.1 Å². The number of ether oxygens (including phenoxy) is 1. The Morgan fingerprint density at radius 3 is 2.54 bits per heavy atom. The maximum atomic E-state index is 11.3. The fourth-order valence-electron chi connectivity index (χ4n) is 0.858. The first kappa shape index (κ1) is 9.64. The van der Waals surface area contributed by atoms with E-state index in [9.17, 15) is 4.79 Å². The second-order valence-corrected chi connectivity index (χ2v) is 3.74. The molecule has 0 radical (unpaired) electrons. The minimum Gasteiger partial charge on any atom is -0.494 e. The number of aromatic amines is 1. The van der Waals surface area contributed by atoms with Gasteiger partial charge in [0.15, 0.2) is 0 Å². The van der Waals surface area contributed by atoms with Gasteiger partial charge in [0.05, 0.1) is 0 Å². The molecule has 0 aliphatic rings. The van der Waals surface area contributed by atoms with Crippen LogP contribution in [0.3, 0.4) is 0 Å². The van der Waals surface area contributed by atoms with Gasteiger partial charge in [-0.1, -0.05) is 0 Å². The SMILES string of the molecule is CC(C)(C)OC(=O)c1cc[nH]c1O. The molecule has 72 valence electrons. The quantitative estimate of drug-likeness (QED) is 0.651. The Bertz CT molecular complexity index is 309. The monoisotopic (exact) mass is 183 g/mol. The summed E-state index contributed by atoms with van der Waals surface area (Å²) in [6.45, 7) is 5.32. The topological polar surface area (TPSA) is 62.3 Å². The van der Waals surface area contributed by atoms with Gasteiger partial charge in [0, 0.05) is 6.20 Å². The van der Waals surface area contributed by atoms with E-state index in [1.807, 2.05) is 0 Å². The summed E-state index contributed by atoms with van der Waals surface area (Å²) in [4.78, 5) is 13.8. The highest BCUT2D eigenvalue weighted by Crippen LogP contribution is 2.18. The number of aromatic hydroxyl groups is 1. The van der Waals surface area contributed by atoms with Crippen LogP contribution in [0.2, 0.25) is 0 Å². The largest absolute Gasteiger partial charge is 0.494 e. The Hall–Kier alpha value is -1.45. The average molecular weight is 183 g/mol. The Balaban J connectivity index is 2.76. The van der Waals surface area contributed by atoms with Gasteiger partial charge in [-0.15, -0.1) is 0 Å². The molecule has 0 saturated carbocycles. The van der Waals surface area contributed by atoms with Gasteiger partial charge >= 0.3 is 5.97 Å². The highest BCUT2D eigenvalue weighted by atomic mass is 16.6. The van der Waals surface area contributed by atoms with E-state index in [1.165, 1.54) is 12.3 Å². The Morgan fingerprint density at radius 2 is 2.15 bits per heavy atom. The van der Waals surface area contributed by atoms with Crippen LogP contribution in [-0.4, -0.2) is 21.7 Å². The minimum atomic E-state index is -0.541. The van der Waals surface area contributed by atoms with E-state index >= 15 is 0 Å². The molecule has 0 unspecified atom stereocenters. The summed E-state index contributed by atoms with van der Waals surface area (Å²) in [6, 6.07) is 1.48. The van der Waals surface area contributed by atoms with E-state index < -0.39 is 11.6 Å². The predicted molar refractivity (Wildman–Crippen MR) is 47.6 cm³/mol. The molecule has 2 N–H and O–H groups in total. The van der Waals surface area contributed by atoms with Crippen molar-refractivity contribution in [2.24, 2.45) is 0 Å². The van der Waals surface area contributed by atoms with E-state index in [0.29, 0.717) is 0 Å². The average Bonchev–Trinajstić information content (AvgIpc) is 2.30. The summed E-state index contributed by atoms with van der Waals surface area (Å²) in [7, 11) is 0. The fourth-order valence-corrected chi connectivity index (χ4v) is 0.858. The van der Waals surface area contributed by atoms with Crippen molar-refractivity contribution in [3.8, 4) is 5.88 Å². The molecule has 0 amide bonds. The number of hydrogen-bond donors (Lipinski definition) is 2. The summed E-state index contributed by atoms with van der Waals surface area (Å²) in [5, 5.41) is 9.16. The number of aromatic nitrogens is 1. The first-order chi connectivity index (χ1) is 5.90. The molecule has 1 aromatic rings. The van der Waals surface area contributed by atoms with Crippen molar-refractivity contribution in [3.63, 3.8) is 0 Å². The molecule has 0 aliphatic heterocycles. The zero-order valence-corrected chi connectivity index (χ0v) is 7.92. The number of H-pyrrole nitrogens is 1. The number of rotatable bonds is 1. The molecule has 0 aliphatic carbocycles. The van der Waals surface area contributed by atoms with Gasteiger partial charge in [-0.25, -0.2) is 4.79 Å². The van der Waals surface area contributed by atoms with Crippen LogP contribution in [0.5, 0.6) is 5.88 Å². The molecule has 0 spiro atoms. The van der Waals surface area contributed by atoms with E-state index in [0.717, 1.165) is 0 Å². The third kappa shape index (κ3) is 2.50. The Morgan fingerprint density at radius 1 is 1.54 bits per heavy atom. The van der Waals surface area contributed by atoms with Gasteiger partial charge in [-0.3, -0.25) is 0 Å². The number of carbonyl (C=O) groups is 1. The molecule has 0 fully saturated rings. The maximum absolute atomic E-state index is 11.3. The van der Waals surface area contributed by atoms with Crippen LogP contribution >= 0.6 is 0 Å². The number of carbonyl (C=O) groups excluding carboxylic acids is 1. The third-order valence-corrected chi connectivity index (χ3v) is 1.34. The van der Waals surface area contributed by atoms with Crippen molar-refractivity contribution in [3.05, 3.63) is 17.8 Å². The van der Waals surface area contributed by atoms with Crippen LogP contribution < -0.4 is 0 Å². The van der Waals surface area contributed by atoms with Gasteiger partial charge in [0.25, 0.3) is 0 Å². The summed E-state index contributed by atoms with van der Waals surface area (Å²) in [5.41, 5.74) is -0.379. The van der Waals surface area contributed by atoms with Crippen molar-refractivity contribution < 1.29 is 14.6 Å². The van der Waals surface area contributed by atoms with E-state index in [-0.39, 0.29) is 11.4 Å². The predicted octanol–water partition coefficient (Wildman–Crippen LogP) is 1.68. The zero-order valence-electron chi connectivity index (χ0n) is 7.92. The molecular formula is C9H13NO3. The molecule has 0 atom stereocenters. The van der Waals surface area contributed by atoms with Gasteiger partial charge in [-0.05, 0) is 26.8 Å². The zero-order chi connectivity index (χ0) is 10.1. The van der Waals surface area contributed by atoms with Gasteiger partial charge in [0.2, 0.25) is 5.88 Å². The minimum absolute atomic E-state index is 0.158. The molecule has 0 bridgehead atoms. The lowest BCUT2D eigenvalue weighted by Gasteiger charge is -2.18. The molecule has 1 rings (SSSR count). The first-order valence-corrected chi connectivity index (χ1v) is 4.00. The summed E-state index contributed by atoms with van der Waals surface area (Å²) in [6.07, 6.45) is 1.48. The van der Waals surface area contributed by atoms with E-state index in [2.05, 4.69) is 4.98 Å². The van der Waals surface area contributed by atoms with Crippen molar-refractivity contribution in [1.29, 1.82) is 0 Å². The van der Waals surface area contributed by atoms with Crippen molar-refractivity contribution in [1.82, 2.24) is 4.98 Å². The Labute approximate surface area is 76.5 Å². The molecule has 0 aromatic carbocycles. The summed E-state index contributed by atoms with van der Waals surface area (Å²) < 4.78 is 5.04. The second-order valence-electron chi connectivity index (χ2n) is 3.74. The molecule has 13 heavy (non-hydrogen) atoms. The van der Waals surface area contributed by atoms with Crippen LogP contribution in [0.25, 0.3) is 0 Å². The molecule has 4 heteroatoms.